The zero-order chi connectivity index (χ0) is 20.6. The van der Waals surface area contributed by atoms with Gasteiger partial charge in [-0.1, -0.05) is 11.6 Å². The molecule has 0 saturated carbocycles. The highest BCUT2D eigenvalue weighted by Gasteiger charge is 2.32. The van der Waals surface area contributed by atoms with Gasteiger partial charge in [-0.2, -0.15) is 13.2 Å². The molecule has 1 heterocycles. The number of hydrogen-bond acceptors (Lipinski definition) is 3. The number of benzene rings is 1. The summed E-state index contributed by atoms with van der Waals surface area (Å²) >= 11 is 5.63. The normalized spacial score (nSPS) is 12.3. The van der Waals surface area contributed by atoms with Crippen LogP contribution in [-0.4, -0.2) is 31.6 Å². The van der Waals surface area contributed by atoms with Gasteiger partial charge in [0.1, 0.15) is 23.0 Å². The van der Waals surface area contributed by atoms with E-state index in [1.165, 1.54) is 24.8 Å². The summed E-state index contributed by atoms with van der Waals surface area (Å²) in [5, 5.41) is 2.20. The van der Waals surface area contributed by atoms with E-state index in [4.69, 9.17) is 11.6 Å². The van der Waals surface area contributed by atoms with Crippen LogP contribution in [0.5, 0.6) is 0 Å². The highest BCUT2D eigenvalue weighted by molar-refractivity contribution is 7.89. The molecule has 1 aromatic heterocycles. The van der Waals surface area contributed by atoms with Gasteiger partial charge in [0.25, 0.3) is 5.91 Å². The Morgan fingerprint density at radius 1 is 1.30 bits per heavy atom. The van der Waals surface area contributed by atoms with Crippen LogP contribution in [0.15, 0.2) is 29.3 Å². The van der Waals surface area contributed by atoms with Crippen LogP contribution in [0.4, 0.5) is 23.2 Å². The number of nitrogens with one attached hydrogen (secondary N) is 2. The molecule has 148 valence electrons. The van der Waals surface area contributed by atoms with Crippen molar-refractivity contribution in [3.05, 3.63) is 46.5 Å². The van der Waals surface area contributed by atoms with Crippen LogP contribution in [0.3, 0.4) is 0 Å². The molecule has 1 amide bonds. The zero-order valence-electron chi connectivity index (χ0n) is 14.0. The minimum Gasteiger partial charge on any atom is -0.345 e. The quantitative estimate of drug-likeness (QED) is 0.719. The van der Waals surface area contributed by atoms with Crippen molar-refractivity contribution < 1.29 is 30.8 Å². The Labute approximate surface area is 157 Å². The Bertz CT molecular complexity index is 987. The summed E-state index contributed by atoms with van der Waals surface area (Å²) in [6, 6.07) is 3.45. The standard InChI is InChI=1S/C15H14ClF4N3O3S/c1-8-12(27(25,26)21-7-15(18,19)20)6-23(2)13(8)14(24)22-9-3-4-11(17)10(16)5-9/h3-6,21H,7H2,1-2H3,(H,22,24). The third-order valence-electron chi connectivity index (χ3n) is 3.53. The highest BCUT2D eigenvalue weighted by Crippen LogP contribution is 2.24. The molecule has 0 unspecified atom stereocenters. The van der Waals surface area contributed by atoms with E-state index in [0.29, 0.717) is 0 Å². The van der Waals surface area contributed by atoms with Gasteiger partial charge in [0.2, 0.25) is 10.0 Å². The molecule has 2 aromatic rings. The molecule has 0 radical (unpaired) electrons. The van der Waals surface area contributed by atoms with Gasteiger partial charge in [0, 0.05) is 18.9 Å². The fourth-order valence-electron chi connectivity index (χ4n) is 2.34. The molecule has 0 aliphatic heterocycles. The molecule has 2 rings (SSSR count). The lowest BCUT2D eigenvalue weighted by molar-refractivity contribution is -0.121. The van der Waals surface area contributed by atoms with Crippen LogP contribution in [0.2, 0.25) is 5.02 Å². The molecule has 12 heteroatoms. The van der Waals surface area contributed by atoms with Crippen LogP contribution in [-0.2, 0) is 17.1 Å². The first-order chi connectivity index (χ1) is 12.3. The number of amides is 1. The number of anilines is 1. The van der Waals surface area contributed by atoms with Crippen molar-refractivity contribution in [1.29, 1.82) is 0 Å². The van der Waals surface area contributed by atoms with E-state index < -0.39 is 39.4 Å². The minimum absolute atomic E-state index is 0.0436. The summed E-state index contributed by atoms with van der Waals surface area (Å²) in [7, 11) is -3.12. The maximum absolute atomic E-state index is 13.2. The Morgan fingerprint density at radius 2 is 1.93 bits per heavy atom. The van der Waals surface area contributed by atoms with E-state index in [1.807, 2.05) is 0 Å². The fraction of sp³-hybridized carbons (Fsp3) is 0.267. The zero-order valence-corrected chi connectivity index (χ0v) is 15.6. The van der Waals surface area contributed by atoms with Crippen LogP contribution in [0, 0.1) is 12.7 Å². The molecule has 0 aliphatic rings. The summed E-state index contributed by atoms with van der Waals surface area (Å²) in [5.74, 6) is -1.43. The number of carbonyl (C=O) groups is 1. The van der Waals surface area contributed by atoms with Crippen molar-refractivity contribution in [2.45, 2.75) is 18.0 Å². The van der Waals surface area contributed by atoms with Crippen molar-refractivity contribution in [2.24, 2.45) is 7.05 Å². The van der Waals surface area contributed by atoms with Gasteiger partial charge in [-0.3, -0.25) is 4.79 Å². The first-order valence-corrected chi connectivity index (χ1v) is 9.16. The first kappa shape index (κ1) is 21.2. The highest BCUT2D eigenvalue weighted by atomic mass is 35.5. The number of rotatable bonds is 5. The summed E-state index contributed by atoms with van der Waals surface area (Å²) in [6.45, 7) is -0.450. The second-order valence-corrected chi connectivity index (χ2v) is 7.74. The molecule has 0 saturated heterocycles. The lowest BCUT2D eigenvalue weighted by atomic mass is 10.2. The lowest BCUT2D eigenvalue weighted by Crippen LogP contribution is -2.33. The third kappa shape index (κ3) is 4.99. The van der Waals surface area contributed by atoms with Crippen LogP contribution < -0.4 is 10.0 Å². The Kier molecular flexibility index (Phi) is 5.88. The fourth-order valence-corrected chi connectivity index (χ4v) is 3.83. The number of alkyl halides is 3. The summed E-state index contributed by atoms with van der Waals surface area (Å²) in [4.78, 5) is 12.0. The van der Waals surface area contributed by atoms with Gasteiger partial charge < -0.3 is 9.88 Å². The first-order valence-electron chi connectivity index (χ1n) is 7.30. The monoisotopic (exact) mass is 427 g/mol. The van der Waals surface area contributed by atoms with Crippen molar-refractivity contribution in [1.82, 2.24) is 9.29 Å². The van der Waals surface area contributed by atoms with E-state index in [-0.39, 0.29) is 22.0 Å². The van der Waals surface area contributed by atoms with E-state index in [0.717, 1.165) is 22.9 Å². The second kappa shape index (κ2) is 7.49. The molecule has 0 aliphatic carbocycles. The molecule has 2 N–H and O–H groups in total. The van der Waals surface area contributed by atoms with Gasteiger partial charge in [-0.25, -0.2) is 17.5 Å². The lowest BCUT2D eigenvalue weighted by Gasteiger charge is -2.09. The van der Waals surface area contributed by atoms with Gasteiger partial charge >= 0.3 is 6.18 Å². The minimum atomic E-state index is -4.72. The second-order valence-electron chi connectivity index (χ2n) is 5.60. The molecular weight excluding hydrogens is 414 g/mol. The maximum Gasteiger partial charge on any atom is 0.402 e. The van der Waals surface area contributed by atoms with Crippen LogP contribution in [0.25, 0.3) is 0 Å². The predicted molar refractivity (Wildman–Crippen MR) is 90.8 cm³/mol. The Balaban J connectivity index is 2.31. The number of halogens is 5. The smallest absolute Gasteiger partial charge is 0.345 e. The van der Waals surface area contributed by atoms with Crippen molar-refractivity contribution in [3.63, 3.8) is 0 Å². The molecule has 6 nitrogen and oxygen atoms in total. The van der Waals surface area contributed by atoms with Gasteiger partial charge in [0.15, 0.2) is 0 Å². The third-order valence-corrected chi connectivity index (χ3v) is 5.34. The van der Waals surface area contributed by atoms with E-state index in [2.05, 4.69) is 5.32 Å². The number of aryl methyl sites for hydroxylation is 1. The summed E-state index contributed by atoms with van der Waals surface area (Å²) in [6.07, 6.45) is -3.70. The SMILES string of the molecule is Cc1c(S(=O)(=O)NCC(F)(F)F)cn(C)c1C(=O)Nc1ccc(F)c(Cl)c1. The van der Waals surface area contributed by atoms with Gasteiger partial charge in [-0.05, 0) is 30.7 Å². The van der Waals surface area contributed by atoms with Crippen LogP contribution in [0.1, 0.15) is 16.1 Å². The number of nitrogens with zero attached hydrogens (tertiary/aromatic N) is 1. The van der Waals surface area contributed by atoms with E-state index >= 15 is 0 Å². The average Bonchev–Trinajstić information content (AvgIpc) is 2.84. The maximum atomic E-state index is 13.2. The molecule has 0 bridgehead atoms. The van der Waals surface area contributed by atoms with Crippen LogP contribution >= 0.6 is 11.6 Å². The largest absolute Gasteiger partial charge is 0.402 e. The summed E-state index contributed by atoms with van der Waals surface area (Å²) < 4.78 is 76.9. The van der Waals surface area contributed by atoms with Crippen molar-refractivity contribution in [3.8, 4) is 0 Å². The van der Waals surface area contributed by atoms with E-state index in [9.17, 15) is 30.8 Å². The van der Waals surface area contributed by atoms with Gasteiger partial charge in [-0.15, -0.1) is 0 Å². The average molecular weight is 428 g/mol. The molecule has 0 spiro atoms. The molecule has 1 aromatic carbocycles. The molecule has 0 fully saturated rings. The summed E-state index contributed by atoms with van der Waals surface area (Å²) in [5.41, 5.74) is 0.0207. The van der Waals surface area contributed by atoms with E-state index in [1.54, 1.807) is 0 Å². The number of hydrogen-bond donors (Lipinski definition) is 2. The molecule has 27 heavy (non-hydrogen) atoms. The number of carbonyl (C=O) groups excluding carboxylic acids is 1. The Hall–Kier alpha value is -2.11. The predicted octanol–water partition coefficient (Wildman–Crippen LogP) is 3.22. The number of aromatic nitrogens is 1. The molecular formula is C15H14ClF4N3O3S. The molecule has 0 atom stereocenters. The number of sulfonamides is 1. The van der Waals surface area contributed by atoms with Crippen molar-refractivity contribution >= 4 is 33.2 Å². The van der Waals surface area contributed by atoms with Gasteiger partial charge in [0.05, 0.1) is 5.02 Å². The topological polar surface area (TPSA) is 80.2 Å². The van der Waals surface area contributed by atoms with Crippen molar-refractivity contribution in [2.75, 3.05) is 11.9 Å². The Morgan fingerprint density at radius 3 is 2.48 bits per heavy atom.